The van der Waals surface area contributed by atoms with Crippen LogP contribution < -0.4 is 5.73 Å². The van der Waals surface area contributed by atoms with Crippen molar-refractivity contribution in [3.63, 3.8) is 0 Å². The van der Waals surface area contributed by atoms with Gasteiger partial charge >= 0.3 is 0 Å². The Balaban J connectivity index is 2.27. The minimum atomic E-state index is -3.49. The van der Waals surface area contributed by atoms with Gasteiger partial charge in [-0.05, 0) is 43.4 Å². The van der Waals surface area contributed by atoms with Gasteiger partial charge in [0.2, 0.25) is 10.0 Å². The number of benzene rings is 1. The van der Waals surface area contributed by atoms with E-state index in [-0.39, 0.29) is 4.90 Å². The summed E-state index contributed by atoms with van der Waals surface area (Å²) >= 11 is 6.05. The maximum Gasteiger partial charge on any atom is 0.243 e. The van der Waals surface area contributed by atoms with Gasteiger partial charge in [0.05, 0.1) is 4.90 Å². The minimum Gasteiger partial charge on any atom is -0.398 e. The fourth-order valence-electron chi connectivity index (χ4n) is 2.53. The van der Waals surface area contributed by atoms with Gasteiger partial charge in [-0.1, -0.05) is 24.9 Å². The van der Waals surface area contributed by atoms with E-state index >= 15 is 0 Å². The van der Waals surface area contributed by atoms with E-state index in [1.165, 1.54) is 12.1 Å². The van der Waals surface area contributed by atoms with Gasteiger partial charge in [0.1, 0.15) is 0 Å². The quantitative estimate of drug-likeness (QED) is 0.872. The van der Waals surface area contributed by atoms with E-state index in [0.29, 0.717) is 29.7 Å². The molecule has 1 aliphatic rings. The molecule has 112 valence electrons. The summed E-state index contributed by atoms with van der Waals surface area (Å²) in [6, 6.07) is 3.00. The third-order valence-corrected chi connectivity index (χ3v) is 6.42. The lowest BCUT2D eigenvalue weighted by Gasteiger charge is -2.30. The highest BCUT2D eigenvalue weighted by Crippen LogP contribution is 2.30. The van der Waals surface area contributed by atoms with E-state index in [1.54, 1.807) is 11.2 Å². The van der Waals surface area contributed by atoms with Crippen LogP contribution in [0.3, 0.4) is 0 Å². The van der Waals surface area contributed by atoms with E-state index in [2.05, 4.69) is 6.92 Å². The molecule has 1 saturated heterocycles. The van der Waals surface area contributed by atoms with Crippen molar-refractivity contribution in [1.82, 2.24) is 4.31 Å². The van der Waals surface area contributed by atoms with Crippen LogP contribution >= 0.6 is 11.6 Å². The Kier molecular flexibility index (Phi) is 4.62. The first kappa shape index (κ1) is 15.6. The first-order valence-electron chi connectivity index (χ1n) is 6.92. The number of halogens is 1. The van der Waals surface area contributed by atoms with Crippen molar-refractivity contribution < 1.29 is 8.42 Å². The highest BCUT2D eigenvalue weighted by molar-refractivity contribution is 7.89. The van der Waals surface area contributed by atoms with Crippen LogP contribution in [0.15, 0.2) is 17.0 Å². The first-order chi connectivity index (χ1) is 9.36. The fourth-order valence-corrected chi connectivity index (χ4v) is 4.35. The molecule has 0 aromatic heterocycles. The molecule has 1 aromatic carbocycles. The molecule has 20 heavy (non-hydrogen) atoms. The topological polar surface area (TPSA) is 63.4 Å². The van der Waals surface area contributed by atoms with Crippen molar-refractivity contribution in [2.24, 2.45) is 5.92 Å². The normalized spacial score (nSPS) is 18.4. The molecule has 0 saturated carbocycles. The Labute approximate surface area is 126 Å². The summed E-state index contributed by atoms with van der Waals surface area (Å²) in [4.78, 5) is 0.195. The Hall–Kier alpha value is -0.780. The molecule has 0 bridgehead atoms. The molecule has 1 fully saturated rings. The number of hydrogen-bond donors (Lipinski definition) is 1. The van der Waals surface area contributed by atoms with Crippen LogP contribution in [-0.2, 0) is 10.0 Å². The van der Waals surface area contributed by atoms with Gasteiger partial charge in [-0.25, -0.2) is 8.42 Å². The molecule has 1 heterocycles. The number of hydrogen-bond acceptors (Lipinski definition) is 3. The summed E-state index contributed by atoms with van der Waals surface area (Å²) < 4.78 is 26.8. The molecule has 0 radical (unpaired) electrons. The van der Waals surface area contributed by atoms with Crippen molar-refractivity contribution in [1.29, 1.82) is 0 Å². The molecule has 0 amide bonds. The van der Waals surface area contributed by atoms with E-state index in [4.69, 9.17) is 17.3 Å². The van der Waals surface area contributed by atoms with Crippen molar-refractivity contribution in [2.75, 3.05) is 18.8 Å². The molecule has 6 heteroatoms. The third kappa shape index (κ3) is 2.95. The van der Waals surface area contributed by atoms with E-state index < -0.39 is 10.0 Å². The summed E-state index contributed by atoms with van der Waals surface area (Å²) in [6.45, 7) is 5.08. The standard InChI is InChI=1S/C14H21ClN2O2S/c1-3-11-4-6-17(7-5-11)20(18,19)12-8-13(15)10(2)14(16)9-12/h8-9,11H,3-7,16H2,1-2H3. The number of sulfonamides is 1. The highest BCUT2D eigenvalue weighted by Gasteiger charge is 2.29. The predicted molar refractivity (Wildman–Crippen MR) is 82.4 cm³/mol. The monoisotopic (exact) mass is 316 g/mol. The number of rotatable bonds is 3. The first-order valence-corrected chi connectivity index (χ1v) is 8.73. The minimum absolute atomic E-state index is 0.195. The molecule has 0 unspecified atom stereocenters. The summed E-state index contributed by atoms with van der Waals surface area (Å²) in [5, 5.41) is 0.395. The Morgan fingerprint density at radius 2 is 1.95 bits per heavy atom. The van der Waals surface area contributed by atoms with Gasteiger partial charge in [0.25, 0.3) is 0 Å². The lowest BCUT2D eigenvalue weighted by molar-refractivity contribution is 0.269. The summed E-state index contributed by atoms with van der Waals surface area (Å²) in [5.74, 6) is 0.633. The van der Waals surface area contributed by atoms with Crippen LogP contribution in [0.25, 0.3) is 0 Å². The van der Waals surface area contributed by atoms with Gasteiger partial charge in [0.15, 0.2) is 0 Å². The summed E-state index contributed by atoms with van der Waals surface area (Å²) in [7, 11) is -3.49. The Bertz CT molecular complexity index is 570. The number of piperidine rings is 1. The largest absolute Gasteiger partial charge is 0.398 e. The highest BCUT2D eigenvalue weighted by atomic mass is 35.5. The van der Waals surface area contributed by atoms with Crippen LogP contribution in [0.4, 0.5) is 5.69 Å². The average molecular weight is 317 g/mol. The second-order valence-corrected chi connectivity index (χ2v) is 7.72. The third-order valence-electron chi connectivity index (χ3n) is 4.15. The van der Waals surface area contributed by atoms with Crippen molar-refractivity contribution in [3.8, 4) is 0 Å². The Morgan fingerprint density at radius 1 is 1.35 bits per heavy atom. The average Bonchev–Trinajstić information content (AvgIpc) is 2.44. The molecule has 0 aliphatic carbocycles. The molecule has 2 N–H and O–H groups in total. The van der Waals surface area contributed by atoms with Crippen LogP contribution in [0.5, 0.6) is 0 Å². The molecule has 0 spiro atoms. The molecular weight excluding hydrogens is 296 g/mol. The van der Waals surface area contributed by atoms with Crippen LogP contribution in [0.1, 0.15) is 31.7 Å². The second-order valence-electron chi connectivity index (χ2n) is 5.38. The predicted octanol–water partition coefficient (Wildman–Crippen LogP) is 3.04. The van der Waals surface area contributed by atoms with Crippen LogP contribution in [-0.4, -0.2) is 25.8 Å². The zero-order valence-electron chi connectivity index (χ0n) is 11.9. The van der Waals surface area contributed by atoms with Crippen molar-refractivity contribution in [2.45, 2.75) is 38.0 Å². The van der Waals surface area contributed by atoms with E-state index in [9.17, 15) is 8.42 Å². The number of anilines is 1. The fraction of sp³-hybridized carbons (Fsp3) is 0.571. The number of nitrogens with zero attached hydrogens (tertiary/aromatic N) is 1. The van der Waals surface area contributed by atoms with E-state index in [0.717, 1.165) is 24.8 Å². The van der Waals surface area contributed by atoms with Gasteiger partial charge in [-0.15, -0.1) is 0 Å². The van der Waals surface area contributed by atoms with Gasteiger partial charge in [-0.3, -0.25) is 0 Å². The van der Waals surface area contributed by atoms with Gasteiger partial charge in [0, 0.05) is 23.8 Å². The van der Waals surface area contributed by atoms with Crippen molar-refractivity contribution >= 4 is 27.3 Å². The lowest BCUT2D eigenvalue weighted by atomic mass is 9.96. The lowest BCUT2D eigenvalue weighted by Crippen LogP contribution is -2.38. The summed E-state index contributed by atoms with van der Waals surface area (Å²) in [6.07, 6.45) is 2.95. The second kappa shape index (κ2) is 5.92. The van der Waals surface area contributed by atoms with Gasteiger partial charge < -0.3 is 5.73 Å². The van der Waals surface area contributed by atoms with Crippen LogP contribution in [0.2, 0.25) is 5.02 Å². The SMILES string of the molecule is CCC1CCN(S(=O)(=O)c2cc(N)c(C)c(Cl)c2)CC1. The Morgan fingerprint density at radius 3 is 2.45 bits per heavy atom. The molecular formula is C14H21ClN2O2S. The molecule has 1 aliphatic heterocycles. The molecule has 1 aromatic rings. The van der Waals surface area contributed by atoms with E-state index in [1.807, 2.05) is 0 Å². The van der Waals surface area contributed by atoms with Gasteiger partial charge in [-0.2, -0.15) is 4.31 Å². The zero-order chi connectivity index (χ0) is 14.9. The number of nitrogens with two attached hydrogens (primary N) is 1. The smallest absolute Gasteiger partial charge is 0.243 e. The van der Waals surface area contributed by atoms with Crippen molar-refractivity contribution in [3.05, 3.63) is 22.7 Å². The molecule has 4 nitrogen and oxygen atoms in total. The maximum atomic E-state index is 12.6. The molecule has 0 atom stereocenters. The zero-order valence-corrected chi connectivity index (χ0v) is 13.5. The molecule has 2 rings (SSSR count). The maximum absolute atomic E-state index is 12.6. The van der Waals surface area contributed by atoms with Crippen LogP contribution in [0, 0.1) is 12.8 Å². The number of nitrogen functional groups attached to an aromatic ring is 1. The summed E-state index contributed by atoms with van der Waals surface area (Å²) in [5.41, 5.74) is 6.96.